The first-order valence-electron chi connectivity index (χ1n) is 3.97. The van der Waals surface area contributed by atoms with Crippen molar-refractivity contribution in [2.45, 2.75) is 19.5 Å². The summed E-state index contributed by atoms with van der Waals surface area (Å²) < 4.78 is 0. The molecule has 2 rings (SSSR count). The van der Waals surface area contributed by atoms with E-state index in [1.807, 2.05) is 0 Å². The van der Waals surface area contributed by atoms with Crippen LogP contribution in [0, 0.1) is 6.92 Å². The van der Waals surface area contributed by atoms with Crippen molar-refractivity contribution in [1.29, 1.82) is 0 Å². The average Bonchev–Trinajstić information content (AvgIpc) is 2.46. The summed E-state index contributed by atoms with van der Waals surface area (Å²) in [6.07, 6.45) is 1.58. The second-order valence-corrected chi connectivity index (χ2v) is 2.97. The van der Waals surface area contributed by atoms with Crippen molar-refractivity contribution >= 4 is 5.97 Å². The van der Waals surface area contributed by atoms with Gasteiger partial charge in [0.05, 0.1) is 5.69 Å². The zero-order valence-corrected chi connectivity index (χ0v) is 7.11. The molecule has 68 valence electrons. The molecule has 0 amide bonds. The molecule has 0 radical (unpaired) electrons. The van der Waals surface area contributed by atoms with Gasteiger partial charge in [-0.3, -0.25) is 10.1 Å². The molecule has 0 fully saturated rings. The smallest absolute Gasteiger partial charge is 0.325 e. The number of carboxylic acid groups (broad SMARTS) is 1. The number of carboxylic acids is 1. The highest BCUT2D eigenvalue weighted by molar-refractivity contribution is 5.76. The molecular formula is C8H9N3O2. The van der Waals surface area contributed by atoms with Crippen LogP contribution >= 0.6 is 0 Å². The van der Waals surface area contributed by atoms with Crippen molar-refractivity contribution in [2.75, 3.05) is 0 Å². The van der Waals surface area contributed by atoms with E-state index in [4.69, 9.17) is 5.11 Å². The van der Waals surface area contributed by atoms with E-state index in [9.17, 15) is 4.79 Å². The molecule has 13 heavy (non-hydrogen) atoms. The van der Waals surface area contributed by atoms with Crippen molar-refractivity contribution < 1.29 is 9.90 Å². The van der Waals surface area contributed by atoms with Gasteiger partial charge in [0.25, 0.3) is 0 Å². The Morgan fingerprint density at radius 3 is 3.23 bits per heavy atom. The van der Waals surface area contributed by atoms with Gasteiger partial charge in [-0.05, 0) is 6.92 Å². The summed E-state index contributed by atoms with van der Waals surface area (Å²) in [5, 5.41) is 11.7. The molecule has 5 nitrogen and oxygen atoms in total. The Morgan fingerprint density at radius 2 is 2.54 bits per heavy atom. The average molecular weight is 179 g/mol. The maximum absolute atomic E-state index is 10.7. The van der Waals surface area contributed by atoms with E-state index in [1.54, 1.807) is 13.1 Å². The van der Waals surface area contributed by atoms with Gasteiger partial charge in [-0.2, -0.15) is 0 Å². The number of carbonyl (C=O) groups is 1. The van der Waals surface area contributed by atoms with Crippen LogP contribution in [0.25, 0.3) is 0 Å². The third-order valence-electron chi connectivity index (χ3n) is 2.05. The Hall–Kier alpha value is -1.49. The van der Waals surface area contributed by atoms with Gasteiger partial charge >= 0.3 is 5.97 Å². The first kappa shape index (κ1) is 8.12. The van der Waals surface area contributed by atoms with Crippen molar-refractivity contribution in [3.63, 3.8) is 0 Å². The van der Waals surface area contributed by atoms with Crippen LogP contribution in [-0.2, 0) is 11.3 Å². The normalized spacial score (nSPS) is 19.9. The van der Waals surface area contributed by atoms with E-state index in [0.717, 1.165) is 5.69 Å². The predicted molar refractivity (Wildman–Crippen MR) is 44.0 cm³/mol. The summed E-state index contributed by atoms with van der Waals surface area (Å²) in [7, 11) is 0. The van der Waals surface area contributed by atoms with Gasteiger partial charge in [0, 0.05) is 18.3 Å². The van der Waals surface area contributed by atoms with E-state index in [1.165, 1.54) is 0 Å². The Morgan fingerprint density at radius 1 is 1.77 bits per heavy atom. The Balaban J connectivity index is 2.44. The third kappa shape index (κ3) is 1.27. The van der Waals surface area contributed by atoms with Gasteiger partial charge in [-0.1, -0.05) is 0 Å². The molecule has 0 bridgehead atoms. The number of aliphatic carboxylic acids is 1. The van der Waals surface area contributed by atoms with Crippen molar-refractivity contribution in [1.82, 2.24) is 15.3 Å². The molecule has 1 aliphatic rings. The van der Waals surface area contributed by atoms with Gasteiger partial charge < -0.3 is 5.11 Å². The van der Waals surface area contributed by atoms with E-state index in [0.29, 0.717) is 17.9 Å². The monoisotopic (exact) mass is 179 g/mol. The minimum Gasteiger partial charge on any atom is -0.480 e. The van der Waals surface area contributed by atoms with Crippen molar-refractivity contribution in [3.8, 4) is 0 Å². The van der Waals surface area contributed by atoms with Crippen molar-refractivity contribution in [2.24, 2.45) is 0 Å². The molecule has 1 aromatic heterocycles. The van der Waals surface area contributed by atoms with Crippen molar-refractivity contribution in [3.05, 3.63) is 23.3 Å². The van der Waals surface area contributed by atoms with Crippen LogP contribution in [0.3, 0.4) is 0 Å². The largest absolute Gasteiger partial charge is 0.480 e. The van der Waals surface area contributed by atoms with E-state index >= 15 is 0 Å². The third-order valence-corrected chi connectivity index (χ3v) is 2.05. The predicted octanol–water partition coefficient (Wildman–Crippen LogP) is 0.0139. The number of nitrogens with one attached hydrogen (secondary N) is 1. The molecule has 1 unspecified atom stereocenters. The molecular weight excluding hydrogens is 170 g/mol. The maximum Gasteiger partial charge on any atom is 0.325 e. The Labute approximate surface area is 74.8 Å². The highest BCUT2D eigenvalue weighted by Gasteiger charge is 2.29. The molecule has 0 aromatic carbocycles. The Kier molecular flexibility index (Phi) is 1.73. The summed E-state index contributed by atoms with van der Waals surface area (Å²) in [5.74, 6) is -0.210. The van der Waals surface area contributed by atoms with Crippen LogP contribution in [0.15, 0.2) is 6.20 Å². The summed E-state index contributed by atoms with van der Waals surface area (Å²) in [6, 6.07) is -0.643. The molecule has 5 heteroatoms. The fraction of sp³-hybridized carbons (Fsp3) is 0.375. The van der Waals surface area contributed by atoms with Gasteiger partial charge in [0.2, 0.25) is 0 Å². The lowest BCUT2D eigenvalue weighted by atomic mass is 10.1. The lowest BCUT2D eigenvalue weighted by Crippen LogP contribution is -2.21. The number of nitrogens with zero attached hydrogens (tertiary/aromatic N) is 2. The van der Waals surface area contributed by atoms with Crippen LogP contribution in [0.2, 0.25) is 0 Å². The SMILES string of the molecule is Cc1ncc2c(n1)CNC2C(=O)O. The zero-order chi connectivity index (χ0) is 9.42. The number of aromatic nitrogens is 2. The molecule has 0 aliphatic carbocycles. The van der Waals surface area contributed by atoms with Crippen LogP contribution < -0.4 is 5.32 Å². The minimum absolute atomic E-state index is 0.510. The fourth-order valence-electron chi connectivity index (χ4n) is 1.44. The second kappa shape index (κ2) is 2.77. The molecule has 2 heterocycles. The zero-order valence-electron chi connectivity index (χ0n) is 7.11. The van der Waals surface area contributed by atoms with E-state index in [2.05, 4.69) is 15.3 Å². The summed E-state index contributed by atoms with van der Waals surface area (Å²) >= 11 is 0. The summed E-state index contributed by atoms with van der Waals surface area (Å²) in [6.45, 7) is 2.30. The van der Waals surface area contributed by atoms with E-state index < -0.39 is 12.0 Å². The minimum atomic E-state index is -0.883. The molecule has 0 saturated carbocycles. The molecule has 1 atom stereocenters. The lowest BCUT2D eigenvalue weighted by Gasteiger charge is -2.04. The lowest BCUT2D eigenvalue weighted by molar-refractivity contribution is -0.139. The highest BCUT2D eigenvalue weighted by atomic mass is 16.4. The van der Waals surface area contributed by atoms with Gasteiger partial charge in [-0.25, -0.2) is 9.97 Å². The van der Waals surface area contributed by atoms with E-state index in [-0.39, 0.29) is 0 Å². The standard InChI is InChI=1S/C8H9N3O2/c1-4-9-2-5-6(11-4)3-10-7(5)8(12)13/h2,7,10H,3H2,1H3,(H,12,13). The number of aryl methyl sites for hydroxylation is 1. The Bertz CT molecular complexity index is 364. The molecule has 2 N–H and O–H groups in total. The fourth-order valence-corrected chi connectivity index (χ4v) is 1.44. The van der Waals surface area contributed by atoms with Crippen LogP contribution in [0.5, 0.6) is 0 Å². The maximum atomic E-state index is 10.7. The van der Waals surface area contributed by atoms with Gasteiger partial charge in [0.1, 0.15) is 11.9 Å². The quantitative estimate of drug-likeness (QED) is 0.635. The molecule has 1 aliphatic heterocycles. The number of hydrogen-bond acceptors (Lipinski definition) is 4. The summed E-state index contributed by atoms with van der Waals surface area (Å²) in [4.78, 5) is 18.8. The number of hydrogen-bond donors (Lipinski definition) is 2. The topological polar surface area (TPSA) is 75.1 Å². The first-order valence-corrected chi connectivity index (χ1v) is 3.97. The van der Waals surface area contributed by atoms with Gasteiger partial charge in [-0.15, -0.1) is 0 Å². The molecule has 0 saturated heterocycles. The van der Waals surface area contributed by atoms with Gasteiger partial charge in [0.15, 0.2) is 0 Å². The number of rotatable bonds is 1. The van der Waals surface area contributed by atoms with Crippen LogP contribution in [-0.4, -0.2) is 21.0 Å². The number of fused-ring (bicyclic) bond motifs is 1. The highest BCUT2D eigenvalue weighted by Crippen LogP contribution is 2.22. The summed E-state index contributed by atoms with van der Waals surface area (Å²) in [5.41, 5.74) is 1.47. The second-order valence-electron chi connectivity index (χ2n) is 2.97. The molecule has 0 spiro atoms. The van der Waals surface area contributed by atoms with Crippen LogP contribution in [0.4, 0.5) is 0 Å². The first-order chi connectivity index (χ1) is 6.18. The molecule has 1 aromatic rings. The van der Waals surface area contributed by atoms with Crippen LogP contribution in [0.1, 0.15) is 23.1 Å².